The first-order chi connectivity index (χ1) is 12.3. The second kappa shape index (κ2) is 7.76. The van der Waals surface area contributed by atoms with Crippen molar-refractivity contribution in [3.63, 3.8) is 0 Å². The predicted octanol–water partition coefficient (Wildman–Crippen LogP) is 2.64. The molecule has 1 aromatic carbocycles. The van der Waals surface area contributed by atoms with E-state index in [2.05, 4.69) is 25.7 Å². The van der Waals surface area contributed by atoms with Crippen molar-refractivity contribution in [2.45, 2.75) is 12.3 Å². The molecule has 1 aliphatic heterocycles. The van der Waals surface area contributed by atoms with E-state index >= 15 is 0 Å². The Morgan fingerprint density at radius 3 is 2.73 bits per heavy atom. The second-order valence-electron chi connectivity index (χ2n) is 5.89. The van der Waals surface area contributed by atoms with Crippen LogP contribution in [-0.4, -0.2) is 47.6 Å². The van der Waals surface area contributed by atoms with Crippen LogP contribution in [0.5, 0.6) is 11.5 Å². The number of methoxy groups -OCH3 is 2. The Balaban J connectivity index is 0.00000196. The van der Waals surface area contributed by atoms with Crippen molar-refractivity contribution in [2.24, 2.45) is 0 Å². The van der Waals surface area contributed by atoms with E-state index in [1.165, 1.54) is 0 Å². The molecule has 26 heavy (non-hydrogen) atoms. The van der Waals surface area contributed by atoms with E-state index < -0.39 is 0 Å². The number of H-pyrrole nitrogens is 1. The number of ether oxygens (including phenoxy) is 2. The monoisotopic (exact) mass is 377 g/mol. The Morgan fingerprint density at radius 1 is 1.15 bits per heavy atom. The average Bonchev–Trinajstić information content (AvgIpc) is 3.41. The Bertz CT molecular complexity index is 873. The Morgan fingerprint density at radius 2 is 2.00 bits per heavy atom. The molecule has 8 nitrogen and oxygen atoms in total. The number of benzene rings is 1. The predicted molar refractivity (Wildman–Crippen MR) is 97.9 cm³/mol. The average molecular weight is 378 g/mol. The summed E-state index contributed by atoms with van der Waals surface area (Å²) < 4.78 is 15.9. The van der Waals surface area contributed by atoms with E-state index in [0.29, 0.717) is 34.8 Å². The fraction of sp³-hybridized carbons (Fsp3) is 0.353. The molecule has 3 aromatic rings. The minimum Gasteiger partial charge on any atom is -0.493 e. The maximum absolute atomic E-state index is 5.38. The Kier molecular flexibility index (Phi) is 5.43. The molecule has 2 N–H and O–H groups in total. The van der Waals surface area contributed by atoms with Crippen LogP contribution in [0.2, 0.25) is 0 Å². The topological polar surface area (TPSA) is 98.1 Å². The molecule has 1 fully saturated rings. The summed E-state index contributed by atoms with van der Waals surface area (Å²) in [5.74, 6) is 2.58. The van der Waals surface area contributed by atoms with Crippen molar-refractivity contribution >= 4 is 12.4 Å². The lowest BCUT2D eigenvalue weighted by Gasteiger charge is -2.07. The zero-order chi connectivity index (χ0) is 17.2. The van der Waals surface area contributed by atoms with Crippen molar-refractivity contribution in [3.8, 4) is 34.5 Å². The number of halogens is 1. The molecule has 2 aromatic heterocycles. The molecule has 4 rings (SSSR count). The number of nitrogens with one attached hydrogen (secondary N) is 2. The lowest BCUT2D eigenvalue weighted by Crippen LogP contribution is -2.08. The summed E-state index contributed by atoms with van der Waals surface area (Å²) in [6.45, 7) is 1.99. The molecule has 0 saturated carbocycles. The van der Waals surface area contributed by atoms with E-state index in [9.17, 15) is 0 Å². The van der Waals surface area contributed by atoms with Crippen LogP contribution in [0, 0.1) is 0 Å². The van der Waals surface area contributed by atoms with Gasteiger partial charge in [0.15, 0.2) is 17.2 Å². The van der Waals surface area contributed by atoms with Crippen molar-refractivity contribution in [2.75, 3.05) is 27.3 Å². The van der Waals surface area contributed by atoms with Gasteiger partial charge in [-0.25, -0.2) is 0 Å². The maximum atomic E-state index is 5.38. The van der Waals surface area contributed by atoms with Crippen molar-refractivity contribution in [1.29, 1.82) is 0 Å². The summed E-state index contributed by atoms with van der Waals surface area (Å²) >= 11 is 0. The minimum atomic E-state index is 0. The molecule has 1 unspecified atom stereocenters. The zero-order valence-corrected chi connectivity index (χ0v) is 15.3. The molecule has 138 valence electrons. The Labute approximate surface area is 156 Å². The fourth-order valence-electron chi connectivity index (χ4n) is 3.00. The molecule has 0 spiro atoms. The van der Waals surface area contributed by atoms with Crippen LogP contribution >= 0.6 is 12.4 Å². The first kappa shape index (κ1) is 18.2. The normalized spacial score (nSPS) is 16.3. The van der Waals surface area contributed by atoms with Crippen molar-refractivity contribution in [1.82, 2.24) is 25.7 Å². The van der Waals surface area contributed by atoms with Gasteiger partial charge in [0.1, 0.15) is 0 Å². The standard InChI is InChI=1S/C17H19N5O3.ClH/c1-23-14-4-3-10(7-15(14)24-2)16-19-17(25-22-16)13-8-12(20-21-13)11-5-6-18-9-11;/h3-4,7-8,11,18H,5-6,9H2,1-2H3,(H,20,21);1H. The molecule has 0 aliphatic carbocycles. The third-order valence-electron chi connectivity index (χ3n) is 4.38. The third kappa shape index (κ3) is 3.38. The van der Waals surface area contributed by atoms with Crippen LogP contribution in [0.1, 0.15) is 18.0 Å². The first-order valence-electron chi connectivity index (χ1n) is 8.11. The number of aromatic amines is 1. The van der Waals surface area contributed by atoms with Crippen molar-refractivity contribution < 1.29 is 14.0 Å². The molecule has 0 bridgehead atoms. The Hall–Kier alpha value is -2.58. The second-order valence-corrected chi connectivity index (χ2v) is 5.89. The lowest BCUT2D eigenvalue weighted by molar-refractivity contribution is 0.355. The van der Waals surface area contributed by atoms with Gasteiger partial charge in [0.25, 0.3) is 5.89 Å². The number of hydrogen-bond donors (Lipinski definition) is 2. The first-order valence-corrected chi connectivity index (χ1v) is 8.11. The van der Waals surface area contributed by atoms with Gasteiger partial charge in [-0.1, -0.05) is 5.16 Å². The molecule has 1 atom stereocenters. The van der Waals surface area contributed by atoms with Gasteiger partial charge in [-0.3, -0.25) is 5.10 Å². The van der Waals surface area contributed by atoms with Gasteiger partial charge in [0.2, 0.25) is 5.82 Å². The lowest BCUT2D eigenvalue weighted by atomic mass is 10.1. The maximum Gasteiger partial charge on any atom is 0.278 e. The number of nitrogens with zero attached hydrogens (tertiary/aromatic N) is 3. The number of aromatic nitrogens is 4. The summed E-state index contributed by atoms with van der Waals surface area (Å²) in [6.07, 6.45) is 1.10. The SMILES string of the molecule is COc1ccc(-c2noc(-c3cc(C4CCNC4)[nH]n3)n2)cc1OC.Cl. The van der Waals surface area contributed by atoms with Gasteiger partial charge in [-0.05, 0) is 37.2 Å². The molecule has 0 radical (unpaired) electrons. The zero-order valence-electron chi connectivity index (χ0n) is 14.5. The van der Waals surface area contributed by atoms with Crippen LogP contribution in [0.4, 0.5) is 0 Å². The molecular weight excluding hydrogens is 358 g/mol. The van der Waals surface area contributed by atoms with E-state index in [-0.39, 0.29) is 12.4 Å². The van der Waals surface area contributed by atoms with Gasteiger partial charge in [-0.2, -0.15) is 10.1 Å². The van der Waals surface area contributed by atoms with Gasteiger partial charge >= 0.3 is 0 Å². The van der Waals surface area contributed by atoms with E-state index in [0.717, 1.165) is 30.8 Å². The molecular formula is C17H20ClN5O3. The summed E-state index contributed by atoms with van der Waals surface area (Å²) in [4.78, 5) is 4.45. The van der Waals surface area contributed by atoms with Gasteiger partial charge < -0.3 is 19.3 Å². The largest absolute Gasteiger partial charge is 0.493 e. The highest BCUT2D eigenvalue weighted by molar-refractivity contribution is 5.85. The summed E-state index contributed by atoms with van der Waals surface area (Å²) in [5.41, 5.74) is 2.52. The van der Waals surface area contributed by atoms with Crippen LogP contribution in [0.25, 0.3) is 23.0 Å². The fourth-order valence-corrected chi connectivity index (χ4v) is 3.00. The highest BCUT2D eigenvalue weighted by atomic mass is 35.5. The molecule has 9 heteroatoms. The quantitative estimate of drug-likeness (QED) is 0.705. The highest BCUT2D eigenvalue weighted by Crippen LogP contribution is 2.32. The smallest absolute Gasteiger partial charge is 0.278 e. The molecule has 1 aliphatic rings. The van der Waals surface area contributed by atoms with Crippen LogP contribution < -0.4 is 14.8 Å². The summed E-state index contributed by atoms with van der Waals surface area (Å²) in [6, 6.07) is 7.46. The van der Waals surface area contributed by atoms with Crippen LogP contribution in [0.15, 0.2) is 28.8 Å². The van der Waals surface area contributed by atoms with E-state index in [1.54, 1.807) is 14.2 Å². The molecule has 1 saturated heterocycles. The van der Waals surface area contributed by atoms with Crippen molar-refractivity contribution in [3.05, 3.63) is 30.0 Å². The molecule has 0 amide bonds. The minimum absolute atomic E-state index is 0. The van der Waals surface area contributed by atoms with Gasteiger partial charge in [0, 0.05) is 23.7 Å². The van der Waals surface area contributed by atoms with Gasteiger partial charge in [-0.15, -0.1) is 12.4 Å². The summed E-state index contributed by atoms with van der Waals surface area (Å²) in [5, 5.41) is 14.8. The van der Waals surface area contributed by atoms with E-state index in [1.807, 2.05) is 24.3 Å². The van der Waals surface area contributed by atoms with Crippen LogP contribution in [0.3, 0.4) is 0 Å². The third-order valence-corrected chi connectivity index (χ3v) is 4.38. The van der Waals surface area contributed by atoms with Gasteiger partial charge in [0.05, 0.1) is 14.2 Å². The van der Waals surface area contributed by atoms with Crippen LogP contribution in [-0.2, 0) is 0 Å². The molecule has 3 heterocycles. The highest BCUT2D eigenvalue weighted by Gasteiger charge is 2.21. The summed E-state index contributed by atoms with van der Waals surface area (Å²) in [7, 11) is 3.19. The number of hydrogen-bond acceptors (Lipinski definition) is 7. The number of rotatable bonds is 5. The van der Waals surface area contributed by atoms with E-state index in [4.69, 9.17) is 14.0 Å².